The van der Waals surface area contributed by atoms with Crippen molar-refractivity contribution in [2.75, 3.05) is 13.1 Å². The van der Waals surface area contributed by atoms with Crippen LogP contribution in [0.2, 0.25) is 0 Å². The molecule has 9 nitrogen and oxygen atoms in total. The number of halogens is 1. The Morgan fingerprint density at radius 3 is 2.67 bits per heavy atom. The Morgan fingerprint density at radius 1 is 1.21 bits per heavy atom. The standard InChI is InChI=1S/C29H40FN3O6/c1-17(2)27-19(4)10-11-25(35)31-12-6-8-18(3)14-24(34)20(5)21(30)15-26-32-22(16-38-26)28(36)33-13-7-9-23(33)29(37)39-27/h6,8,10-11,14,16-17,19-21,23-24,27,34H,7,9,12-13,15H2,1-5H3,(H,31,35)/b8-6?,11-10+,18-14?/t19-,20-,21+,23-,24-,27-/m1/s1. The molecule has 3 rings (SSSR count). The second kappa shape index (κ2) is 13.7. The molecule has 0 aliphatic carbocycles. The summed E-state index contributed by atoms with van der Waals surface area (Å²) in [6.45, 7) is 9.71. The highest BCUT2D eigenvalue weighted by Crippen LogP contribution is 2.26. The molecule has 39 heavy (non-hydrogen) atoms. The highest BCUT2D eigenvalue weighted by atomic mass is 19.1. The van der Waals surface area contributed by atoms with Crippen molar-refractivity contribution >= 4 is 17.8 Å². The molecule has 1 saturated heterocycles. The Bertz CT molecular complexity index is 1110. The fourth-order valence-corrected chi connectivity index (χ4v) is 4.82. The number of nitrogens with zero attached hydrogens (tertiary/aromatic N) is 2. The topological polar surface area (TPSA) is 122 Å². The number of oxazole rings is 1. The highest BCUT2D eigenvalue weighted by molar-refractivity contribution is 5.95. The molecule has 0 unspecified atom stereocenters. The maximum atomic E-state index is 15.0. The number of ether oxygens (including phenoxy) is 1. The molecule has 0 saturated carbocycles. The van der Waals surface area contributed by atoms with Crippen molar-refractivity contribution in [3.05, 3.63) is 53.8 Å². The zero-order valence-electron chi connectivity index (χ0n) is 23.3. The predicted octanol–water partition coefficient (Wildman–Crippen LogP) is 3.55. The summed E-state index contributed by atoms with van der Waals surface area (Å²) >= 11 is 0. The van der Waals surface area contributed by atoms with Gasteiger partial charge in [0, 0.05) is 24.9 Å². The number of aliphatic hydroxyl groups is 1. The zero-order chi connectivity index (χ0) is 28.7. The summed E-state index contributed by atoms with van der Waals surface area (Å²) in [7, 11) is 0. The van der Waals surface area contributed by atoms with Crippen LogP contribution in [0.4, 0.5) is 4.39 Å². The summed E-state index contributed by atoms with van der Waals surface area (Å²) < 4.78 is 26.3. The van der Waals surface area contributed by atoms with Crippen molar-refractivity contribution in [1.82, 2.24) is 15.2 Å². The number of aromatic nitrogens is 1. The monoisotopic (exact) mass is 545 g/mol. The number of hydrogen-bond acceptors (Lipinski definition) is 7. The third kappa shape index (κ3) is 8.11. The van der Waals surface area contributed by atoms with Gasteiger partial charge in [0.2, 0.25) is 5.91 Å². The first-order chi connectivity index (χ1) is 18.5. The maximum absolute atomic E-state index is 15.0. The Kier molecular flexibility index (Phi) is 10.6. The van der Waals surface area contributed by atoms with Crippen molar-refractivity contribution in [2.24, 2.45) is 17.8 Å². The number of rotatable bonds is 1. The third-order valence-electron chi connectivity index (χ3n) is 7.22. The van der Waals surface area contributed by atoms with Gasteiger partial charge in [-0.25, -0.2) is 14.2 Å². The summed E-state index contributed by atoms with van der Waals surface area (Å²) in [4.78, 5) is 44.3. The van der Waals surface area contributed by atoms with Gasteiger partial charge in [-0.1, -0.05) is 57.6 Å². The van der Waals surface area contributed by atoms with Gasteiger partial charge in [-0.3, -0.25) is 9.59 Å². The van der Waals surface area contributed by atoms with Crippen LogP contribution in [-0.2, 0) is 20.7 Å². The highest BCUT2D eigenvalue weighted by Gasteiger charge is 2.39. The van der Waals surface area contributed by atoms with Crippen molar-refractivity contribution < 1.29 is 33.0 Å². The summed E-state index contributed by atoms with van der Waals surface area (Å²) in [5.74, 6) is -2.29. The number of fused-ring (bicyclic) bond motifs is 3. The molecule has 2 amide bonds. The van der Waals surface area contributed by atoms with E-state index >= 15 is 4.39 Å². The molecule has 1 aromatic heterocycles. The number of nitrogens with one attached hydrogen (secondary N) is 1. The van der Waals surface area contributed by atoms with Crippen LogP contribution >= 0.6 is 0 Å². The molecule has 0 aromatic carbocycles. The van der Waals surface area contributed by atoms with Crippen molar-refractivity contribution in [3.63, 3.8) is 0 Å². The minimum Gasteiger partial charge on any atom is -0.460 e. The first kappa shape index (κ1) is 30.3. The van der Waals surface area contributed by atoms with Crippen molar-refractivity contribution in [3.8, 4) is 0 Å². The van der Waals surface area contributed by atoms with E-state index in [1.807, 2.05) is 20.8 Å². The first-order valence-electron chi connectivity index (χ1n) is 13.6. The van der Waals surface area contributed by atoms with Crippen LogP contribution in [0.1, 0.15) is 63.8 Å². The fourth-order valence-electron chi connectivity index (χ4n) is 4.82. The fraction of sp³-hybridized carbons (Fsp3) is 0.586. The molecule has 214 valence electrons. The molecule has 10 heteroatoms. The van der Waals surface area contributed by atoms with Gasteiger partial charge in [-0.05, 0) is 31.8 Å². The van der Waals surface area contributed by atoms with E-state index in [9.17, 15) is 19.5 Å². The van der Waals surface area contributed by atoms with E-state index in [4.69, 9.17) is 9.15 Å². The predicted molar refractivity (Wildman–Crippen MR) is 143 cm³/mol. The van der Waals surface area contributed by atoms with Crippen LogP contribution in [-0.4, -0.2) is 70.3 Å². The van der Waals surface area contributed by atoms with Crippen molar-refractivity contribution in [2.45, 2.75) is 78.3 Å². The molecular weight excluding hydrogens is 505 g/mol. The number of aliphatic hydroxyl groups excluding tert-OH is 1. The Morgan fingerprint density at radius 2 is 1.95 bits per heavy atom. The van der Waals surface area contributed by atoms with Crippen LogP contribution in [0.3, 0.4) is 0 Å². The largest absolute Gasteiger partial charge is 0.460 e. The number of carbonyl (C=O) groups is 3. The Hall–Kier alpha value is -3.27. The Balaban J connectivity index is 1.88. The molecule has 2 aliphatic heterocycles. The lowest BCUT2D eigenvalue weighted by Crippen LogP contribution is -2.44. The Labute approximate surface area is 229 Å². The molecule has 0 spiro atoms. The number of alkyl halides is 1. The smallest absolute Gasteiger partial charge is 0.329 e. The van der Waals surface area contributed by atoms with Gasteiger partial charge in [-0.2, -0.15) is 0 Å². The number of amides is 2. The lowest BCUT2D eigenvalue weighted by Gasteiger charge is -2.29. The molecule has 0 radical (unpaired) electrons. The van der Waals surface area contributed by atoms with Crippen LogP contribution in [0, 0.1) is 17.8 Å². The molecule has 2 bridgehead atoms. The molecule has 3 heterocycles. The number of cyclic esters (lactones) is 1. The van der Waals surface area contributed by atoms with E-state index in [-0.39, 0.29) is 42.3 Å². The molecule has 6 atom stereocenters. The lowest BCUT2D eigenvalue weighted by molar-refractivity contribution is -0.158. The van der Waals surface area contributed by atoms with E-state index in [0.29, 0.717) is 25.0 Å². The van der Waals surface area contributed by atoms with Gasteiger partial charge in [0.1, 0.15) is 24.6 Å². The number of esters is 1. The van der Waals surface area contributed by atoms with Gasteiger partial charge in [0.05, 0.1) is 12.5 Å². The van der Waals surface area contributed by atoms with Crippen LogP contribution in [0.25, 0.3) is 0 Å². The van der Waals surface area contributed by atoms with Crippen LogP contribution in [0.5, 0.6) is 0 Å². The molecular formula is C29H40FN3O6. The first-order valence-corrected chi connectivity index (χ1v) is 13.6. The SMILES string of the molecule is CC1=C[C@@H](O)[C@H](C)[C@@H](F)Cc2nc(co2)C(=O)N2CCC[C@@H]2C(=O)O[C@H](C(C)C)[C@H](C)/C=C/C(=O)NCC=C1. The van der Waals surface area contributed by atoms with Gasteiger partial charge in [-0.15, -0.1) is 0 Å². The number of hydrogen-bond donors (Lipinski definition) is 2. The van der Waals surface area contributed by atoms with E-state index in [0.717, 1.165) is 0 Å². The van der Waals surface area contributed by atoms with Gasteiger partial charge in [0.15, 0.2) is 11.6 Å². The normalized spacial score (nSPS) is 30.9. The average molecular weight is 546 g/mol. The number of allylic oxidation sites excluding steroid dienone is 2. The summed E-state index contributed by atoms with van der Waals surface area (Å²) in [6.07, 6.45) is 7.14. The lowest BCUT2D eigenvalue weighted by atomic mass is 9.94. The minimum atomic E-state index is -1.48. The second-order valence-corrected chi connectivity index (χ2v) is 10.8. The second-order valence-electron chi connectivity index (χ2n) is 10.8. The van der Waals surface area contributed by atoms with E-state index < -0.39 is 42.2 Å². The zero-order valence-corrected chi connectivity index (χ0v) is 23.3. The van der Waals surface area contributed by atoms with Crippen LogP contribution in [0.15, 0.2) is 46.6 Å². The summed E-state index contributed by atoms with van der Waals surface area (Å²) in [5, 5.41) is 13.3. The van der Waals surface area contributed by atoms with Crippen molar-refractivity contribution in [1.29, 1.82) is 0 Å². The average Bonchev–Trinajstić information content (AvgIpc) is 3.56. The summed E-state index contributed by atoms with van der Waals surface area (Å²) in [5.41, 5.74) is 0.705. The molecule has 1 aromatic rings. The quantitative estimate of drug-likeness (QED) is 0.518. The molecule has 1 fully saturated rings. The van der Waals surface area contributed by atoms with Gasteiger partial charge < -0.3 is 24.5 Å². The van der Waals surface area contributed by atoms with E-state index in [2.05, 4.69) is 10.3 Å². The van der Waals surface area contributed by atoms with E-state index in [1.165, 1.54) is 17.2 Å². The third-order valence-corrected chi connectivity index (χ3v) is 7.22. The number of carbonyl (C=O) groups excluding carboxylic acids is 3. The van der Waals surface area contributed by atoms with Crippen LogP contribution < -0.4 is 5.32 Å². The van der Waals surface area contributed by atoms with Gasteiger partial charge >= 0.3 is 5.97 Å². The summed E-state index contributed by atoms with van der Waals surface area (Å²) in [6, 6.07) is -0.772. The minimum absolute atomic E-state index is 0.00732. The molecule has 2 aliphatic rings. The molecule has 2 N–H and O–H groups in total. The van der Waals surface area contributed by atoms with Gasteiger partial charge in [0.25, 0.3) is 5.91 Å². The maximum Gasteiger partial charge on any atom is 0.329 e. The van der Waals surface area contributed by atoms with E-state index in [1.54, 1.807) is 38.2 Å².